The Morgan fingerprint density at radius 1 is 1.54 bits per heavy atom. The molecule has 68 valence electrons. The number of benzene rings is 1. The lowest BCUT2D eigenvalue weighted by atomic mass is 10.2. The van der Waals surface area contributed by atoms with E-state index in [0.717, 1.165) is 29.4 Å². The predicted molar refractivity (Wildman–Crippen MR) is 57.3 cm³/mol. The van der Waals surface area contributed by atoms with Crippen molar-refractivity contribution in [3.63, 3.8) is 0 Å². The molecule has 2 rings (SSSR count). The van der Waals surface area contributed by atoms with E-state index in [9.17, 15) is 0 Å². The van der Waals surface area contributed by atoms with Gasteiger partial charge in [-0.3, -0.25) is 4.99 Å². The molecule has 2 nitrogen and oxygen atoms in total. The second kappa shape index (κ2) is 3.38. The quantitative estimate of drug-likeness (QED) is 0.729. The second-order valence-electron chi connectivity index (χ2n) is 3.05. The van der Waals surface area contributed by atoms with E-state index < -0.39 is 0 Å². The van der Waals surface area contributed by atoms with Crippen LogP contribution >= 0.6 is 11.6 Å². The Labute approximate surface area is 82.6 Å². The van der Waals surface area contributed by atoms with Crippen LogP contribution in [0.2, 0.25) is 5.02 Å². The number of nitrogens with one attached hydrogen (secondary N) is 1. The average Bonchev–Trinajstić information content (AvgIpc) is 2.17. The molecule has 0 amide bonds. The maximum atomic E-state index is 5.86. The van der Waals surface area contributed by atoms with E-state index in [0.29, 0.717) is 0 Å². The molecule has 0 aromatic heterocycles. The number of aliphatic imine (C=N–C) groups is 1. The summed E-state index contributed by atoms with van der Waals surface area (Å²) in [6, 6.07) is 5.72. The molecule has 0 atom stereocenters. The van der Waals surface area contributed by atoms with Crippen molar-refractivity contribution in [1.29, 1.82) is 0 Å². The molecule has 0 spiro atoms. The highest BCUT2D eigenvalue weighted by atomic mass is 35.5. The summed E-state index contributed by atoms with van der Waals surface area (Å²) in [5.74, 6) is 0. The van der Waals surface area contributed by atoms with Crippen LogP contribution in [-0.4, -0.2) is 12.3 Å². The van der Waals surface area contributed by atoms with Crippen LogP contribution in [0.25, 0.3) is 0 Å². The summed E-state index contributed by atoms with van der Waals surface area (Å²) < 4.78 is 0. The van der Waals surface area contributed by atoms with Gasteiger partial charge in [-0.2, -0.15) is 0 Å². The molecule has 0 saturated carbocycles. The van der Waals surface area contributed by atoms with Crippen molar-refractivity contribution < 1.29 is 0 Å². The third-order valence-electron chi connectivity index (χ3n) is 2.13. The van der Waals surface area contributed by atoms with E-state index in [-0.39, 0.29) is 0 Å². The topological polar surface area (TPSA) is 24.4 Å². The maximum absolute atomic E-state index is 5.86. The summed E-state index contributed by atoms with van der Waals surface area (Å²) in [5.41, 5.74) is 3.21. The first-order valence-electron chi connectivity index (χ1n) is 4.39. The summed E-state index contributed by atoms with van der Waals surface area (Å²) in [5, 5.41) is 4.04. The lowest BCUT2D eigenvalue weighted by Crippen LogP contribution is -2.16. The fourth-order valence-corrected chi connectivity index (χ4v) is 1.53. The number of halogens is 1. The van der Waals surface area contributed by atoms with Gasteiger partial charge in [0.15, 0.2) is 0 Å². The van der Waals surface area contributed by atoms with Gasteiger partial charge < -0.3 is 5.32 Å². The average molecular weight is 195 g/mol. The third-order valence-corrected chi connectivity index (χ3v) is 2.36. The second-order valence-corrected chi connectivity index (χ2v) is 3.48. The number of fused-ring (bicyclic) bond motifs is 1. The van der Waals surface area contributed by atoms with Gasteiger partial charge in [0.1, 0.15) is 0 Å². The Morgan fingerprint density at radius 2 is 2.38 bits per heavy atom. The van der Waals surface area contributed by atoms with Gasteiger partial charge in [0.05, 0.1) is 17.9 Å². The molecule has 0 aliphatic carbocycles. The van der Waals surface area contributed by atoms with Crippen molar-refractivity contribution in [3.05, 3.63) is 23.2 Å². The Bertz CT molecular complexity index is 358. The molecule has 0 unspecified atom stereocenters. The van der Waals surface area contributed by atoms with Crippen molar-refractivity contribution in [3.8, 4) is 0 Å². The SMILES string of the molecule is CCC1=Nc2ccc(Cl)cc2NC1. The Balaban J connectivity index is 2.42. The normalized spacial score (nSPS) is 14.5. The van der Waals surface area contributed by atoms with Crippen molar-refractivity contribution in [1.82, 2.24) is 0 Å². The van der Waals surface area contributed by atoms with E-state index in [1.807, 2.05) is 18.2 Å². The Kier molecular flexibility index (Phi) is 2.23. The number of nitrogens with zero attached hydrogens (tertiary/aromatic N) is 1. The highest BCUT2D eigenvalue weighted by Gasteiger charge is 2.09. The van der Waals surface area contributed by atoms with Gasteiger partial charge in [-0.1, -0.05) is 18.5 Å². The minimum absolute atomic E-state index is 0.751. The molecule has 1 aromatic rings. The standard InChI is InChI=1S/C10H11ClN2/c1-2-8-6-12-10-5-7(11)3-4-9(10)13-8/h3-5,12H,2,6H2,1H3. The zero-order chi connectivity index (χ0) is 9.26. The van der Waals surface area contributed by atoms with Crippen LogP contribution in [0.5, 0.6) is 0 Å². The molecule has 0 bridgehead atoms. The van der Waals surface area contributed by atoms with E-state index in [1.54, 1.807) is 0 Å². The minimum Gasteiger partial charge on any atom is -0.378 e. The monoisotopic (exact) mass is 194 g/mol. The van der Waals surface area contributed by atoms with E-state index in [4.69, 9.17) is 11.6 Å². The maximum Gasteiger partial charge on any atom is 0.0862 e. The first kappa shape index (κ1) is 8.57. The smallest absolute Gasteiger partial charge is 0.0862 e. The zero-order valence-corrected chi connectivity index (χ0v) is 8.23. The number of hydrogen-bond donors (Lipinski definition) is 1. The number of anilines is 1. The first-order chi connectivity index (χ1) is 6.29. The van der Waals surface area contributed by atoms with E-state index >= 15 is 0 Å². The number of hydrogen-bond acceptors (Lipinski definition) is 2. The summed E-state index contributed by atoms with van der Waals surface area (Å²) in [7, 11) is 0. The van der Waals surface area contributed by atoms with Crippen LogP contribution in [0.4, 0.5) is 11.4 Å². The fourth-order valence-electron chi connectivity index (χ4n) is 1.36. The van der Waals surface area contributed by atoms with Gasteiger partial charge in [0.2, 0.25) is 0 Å². The Morgan fingerprint density at radius 3 is 3.15 bits per heavy atom. The molecule has 3 heteroatoms. The number of rotatable bonds is 1. The molecule has 1 heterocycles. The largest absolute Gasteiger partial charge is 0.378 e. The van der Waals surface area contributed by atoms with Gasteiger partial charge in [0, 0.05) is 10.7 Å². The molecule has 0 saturated heterocycles. The molecule has 13 heavy (non-hydrogen) atoms. The molecule has 1 aliphatic rings. The third kappa shape index (κ3) is 1.68. The summed E-state index contributed by atoms with van der Waals surface area (Å²) in [4.78, 5) is 4.50. The van der Waals surface area contributed by atoms with E-state index in [1.165, 1.54) is 5.71 Å². The van der Waals surface area contributed by atoms with Crippen molar-refractivity contribution in [2.75, 3.05) is 11.9 Å². The predicted octanol–water partition coefficient (Wildman–Crippen LogP) is 3.25. The van der Waals surface area contributed by atoms with Gasteiger partial charge in [-0.15, -0.1) is 0 Å². The van der Waals surface area contributed by atoms with Gasteiger partial charge in [0.25, 0.3) is 0 Å². The fraction of sp³-hybridized carbons (Fsp3) is 0.300. The lowest BCUT2D eigenvalue weighted by molar-refractivity contribution is 1.18. The molecule has 1 N–H and O–H groups in total. The Hall–Kier alpha value is -1.02. The molecular weight excluding hydrogens is 184 g/mol. The van der Waals surface area contributed by atoms with Gasteiger partial charge in [-0.05, 0) is 24.6 Å². The van der Waals surface area contributed by atoms with Crippen molar-refractivity contribution >= 4 is 28.7 Å². The van der Waals surface area contributed by atoms with Crippen LogP contribution in [0, 0.1) is 0 Å². The highest BCUT2D eigenvalue weighted by molar-refractivity contribution is 6.31. The van der Waals surface area contributed by atoms with Crippen LogP contribution in [0.3, 0.4) is 0 Å². The lowest BCUT2D eigenvalue weighted by Gasteiger charge is -2.16. The minimum atomic E-state index is 0.751. The van der Waals surface area contributed by atoms with Crippen molar-refractivity contribution in [2.24, 2.45) is 4.99 Å². The van der Waals surface area contributed by atoms with Crippen LogP contribution < -0.4 is 5.32 Å². The molecular formula is C10H11ClN2. The molecule has 1 aromatic carbocycles. The molecule has 1 aliphatic heterocycles. The summed E-state index contributed by atoms with van der Waals surface area (Å²) >= 11 is 5.86. The molecule has 0 radical (unpaired) electrons. The summed E-state index contributed by atoms with van der Waals surface area (Å²) in [6.45, 7) is 2.95. The summed E-state index contributed by atoms with van der Waals surface area (Å²) in [6.07, 6.45) is 0.995. The first-order valence-corrected chi connectivity index (χ1v) is 4.77. The van der Waals surface area contributed by atoms with Crippen LogP contribution in [0.1, 0.15) is 13.3 Å². The van der Waals surface area contributed by atoms with Crippen molar-refractivity contribution in [2.45, 2.75) is 13.3 Å². The van der Waals surface area contributed by atoms with Gasteiger partial charge in [-0.25, -0.2) is 0 Å². The van der Waals surface area contributed by atoms with Crippen LogP contribution in [0.15, 0.2) is 23.2 Å². The van der Waals surface area contributed by atoms with Crippen LogP contribution in [-0.2, 0) is 0 Å². The van der Waals surface area contributed by atoms with Gasteiger partial charge >= 0.3 is 0 Å². The zero-order valence-electron chi connectivity index (χ0n) is 7.47. The highest BCUT2D eigenvalue weighted by Crippen LogP contribution is 2.30. The van der Waals surface area contributed by atoms with E-state index in [2.05, 4.69) is 17.2 Å². The molecule has 0 fully saturated rings.